The third-order valence-corrected chi connectivity index (χ3v) is 11.0. The predicted octanol–water partition coefficient (Wildman–Crippen LogP) is 10.6. The van der Waals surface area contributed by atoms with Gasteiger partial charge in [0.05, 0.1) is 22.0 Å². The number of aromatic nitrogens is 3. The number of pyridine rings is 2. The molecule has 10 rings (SSSR count). The van der Waals surface area contributed by atoms with Crippen molar-refractivity contribution in [1.29, 1.82) is 0 Å². The highest BCUT2D eigenvalue weighted by Gasteiger charge is 2.46. The second-order valence-corrected chi connectivity index (χ2v) is 13.3. The SMILES string of the molecule is C1=Cc2ccc(-c3ccc4c(c3)c3ncccc3n4-c3ccccn3)cc2C2(c3ccccc31)c1ccccc1Sc1ccccc12. The van der Waals surface area contributed by atoms with Gasteiger partial charge in [-0.15, -0.1) is 0 Å². The van der Waals surface area contributed by atoms with Crippen LogP contribution in [-0.2, 0) is 5.41 Å². The highest BCUT2D eigenvalue weighted by Crippen LogP contribution is 2.58. The number of rotatable bonds is 2. The lowest BCUT2D eigenvalue weighted by molar-refractivity contribution is 0.701. The van der Waals surface area contributed by atoms with Crippen LogP contribution in [0.25, 0.3) is 51.0 Å². The van der Waals surface area contributed by atoms with Crippen LogP contribution in [0, 0.1) is 0 Å². The van der Waals surface area contributed by atoms with Crippen LogP contribution in [-0.4, -0.2) is 14.5 Å². The Labute approximate surface area is 276 Å². The zero-order valence-corrected chi connectivity index (χ0v) is 26.2. The van der Waals surface area contributed by atoms with E-state index >= 15 is 0 Å². The lowest BCUT2D eigenvalue weighted by atomic mass is 9.63. The van der Waals surface area contributed by atoms with E-state index in [2.05, 4.69) is 143 Å². The molecule has 3 aromatic heterocycles. The Hall–Kier alpha value is -5.71. The number of fused-ring (bicyclic) bond motifs is 11. The topological polar surface area (TPSA) is 30.7 Å². The van der Waals surface area contributed by atoms with E-state index in [4.69, 9.17) is 4.98 Å². The molecule has 5 aromatic carbocycles. The van der Waals surface area contributed by atoms with E-state index in [1.807, 2.05) is 42.4 Å². The summed E-state index contributed by atoms with van der Waals surface area (Å²) in [6, 6.07) is 50.8. The summed E-state index contributed by atoms with van der Waals surface area (Å²) >= 11 is 1.88. The van der Waals surface area contributed by atoms with Gasteiger partial charge in [0.2, 0.25) is 0 Å². The van der Waals surface area contributed by atoms with Crippen molar-refractivity contribution < 1.29 is 0 Å². The number of hydrogen-bond donors (Lipinski definition) is 0. The molecule has 0 atom stereocenters. The first-order valence-electron chi connectivity index (χ1n) is 15.9. The van der Waals surface area contributed by atoms with Crippen LogP contribution in [0.3, 0.4) is 0 Å². The fourth-order valence-electron chi connectivity index (χ4n) is 7.84. The average Bonchev–Trinajstić information content (AvgIpc) is 3.39. The molecule has 3 nitrogen and oxygen atoms in total. The quantitative estimate of drug-likeness (QED) is 0.193. The Morgan fingerprint density at radius 2 is 1.15 bits per heavy atom. The van der Waals surface area contributed by atoms with E-state index in [9.17, 15) is 0 Å². The molecule has 0 unspecified atom stereocenters. The molecule has 1 aliphatic carbocycles. The third kappa shape index (κ3) is 3.76. The molecule has 4 heterocycles. The normalized spacial score (nSPS) is 14.0. The molecule has 0 fully saturated rings. The van der Waals surface area contributed by atoms with Crippen LogP contribution in [0.15, 0.2) is 162 Å². The maximum atomic E-state index is 4.86. The summed E-state index contributed by atoms with van der Waals surface area (Å²) in [6.45, 7) is 0. The first-order chi connectivity index (χ1) is 23.3. The minimum atomic E-state index is -0.482. The lowest BCUT2D eigenvalue weighted by Crippen LogP contribution is -2.35. The molecule has 0 saturated carbocycles. The second-order valence-electron chi connectivity index (χ2n) is 12.2. The zero-order valence-electron chi connectivity index (χ0n) is 25.3. The van der Waals surface area contributed by atoms with Crippen molar-refractivity contribution in [3.05, 3.63) is 185 Å². The first-order valence-corrected chi connectivity index (χ1v) is 16.7. The van der Waals surface area contributed by atoms with Gasteiger partial charge < -0.3 is 0 Å². The molecule has 1 spiro atoms. The summed E-state index contributed by atoms with van der Waals surface area (Å²) in [5.74, 6) is 0.887. The van der Waals surface area contributed by atoms with Crippen molar-refractivity contribution in [1.82, 2.24) is 14.5 Å². The molecule has 8 aromatic rings. The molecule has 4 heteroatoms. The van der Waals surface area contributed by atoms with Gasteiger partial charge in [-0.1, -0.05) is 109 Å². The Bertz CT molecular complexity index is 2520. The Balaban J connectivity index is 1.26. The zero-order chi connectivity index (χ0) is 31.0. The summed E-state index contributed by atoms with van der Waals surface area (Å²) in [5, 5.41) is 1.11. The average molecular weight is 618 g/mol. The van der Waals surface area contributed by atoms with E-state index in [0.717, 1.165) is 33.3 Å². The summed E-state index contributed by atoms with van der Waals surface area (Å²) in [7, 11) is 0. The summed E-state index contributed by atoms with van der Waals surface area (Å²) in [5.41, 5.74) is 12.7. The molecule has 0 N–H and O–H groups in total. The highest BCUT2D eigenvalue weighted by molar-refractivity contribution is 7.99. The maximum Gasteiger partial charge on any atom is 0.137 e. The van der Waals surface area contributed by atoms with E-state index in [-0.39, 0.29) is 0 Å². The second kappa shape index (κ2) is 10.1. The molecule has 2 aliphatic rings. The minimum Gasteiger partial charge on any atom is -0.292 e. The van der Waals surface area contributed by atoms with Crippen molar-refractivity contribution >= 4 is 45.9 Å². The Morgan fingerprint density at radius 1 is 0.489 bits per heavy atom. The van der Waals surface area contributed by atoms with Crippen LogP contribution in [0.4, 0.5) is 0 Å². The predicted molar refractivity (Wildman–Crippen MR) is 193 cm³/mol. The monoisotopic (exact) mass is 617 g/mol. The van der Waals surface area contributed by atoms with Gasteiger partial charge in [0.1, 0.15) is 5.82 Å². The minimum absolute atomic E-state index is 0.482. The first kappa shape index (κ1) is 26.5. The van der Waals surface area contributed by atoms with Gasteiger partial charge in [-0.2, -0.15) is 0 Å². The number of hydrogen-bond acceptors (Lipinski definition) is 3. The Morgan fingerprint density at radius 3 is 1.94 bits per heavy atom. The molecule has 0 amide bonds. The van der Waals surface area contributed by atoms with Gasteiger partial charge in [-0.05, 0) is 99.1 Å². The largest absolute Gasteiger partial charge is 0.292 e. The van der Waals surface area contributed by atoms with Gasteiger partial charge in [0.15, 0.2) is 0 Å². The van der Waals surface area contributed by atoms with Crippen LogP contribution in [0.5, 0.6) is 0 Å². The Kier molecular flexibility index (Phi) is 5.72. The van der Waals surface area contributed by atoms with E-state index in [1.165, 1.54) is 48.7 Å². The van der Waals surface area contributed by atoms with Gasteiger partial charge in [-0.3, -0.25) is 9.55 Å². The fraction of sp³-hybridized carbons (Fsp3) is 0.0233. The molecule has 0 bridgehead atoms. The third-order valence-electron chi connectivity index (χ3n) is 9.80. The van der Waals surface area contributed by atoms with Crippen LogP contribution in [0.1, 0.15) is 33.4 Å². The smallest absolute Gasteiger partial charge is 0.137 e. The summed E-state index contributed by atoms with van der Waals surface area (Å²) in [6.07, 6.45) is 8.31. The molecule has 0 radical (unpaired) electrons. The number of benzene rings is 5. The van der Waals surface area contributed by atoms with Crippen molar-refractivity contribution in [2.24, 2.45) is 0 Å². The van der Waals surface area contributed by atoms with Gasteiger partial charge in [-0.25, -0.2) is 4.98 Å². The van der Waals surface area contributed by atoms with E-state index in [1.54, 1.807) is 0 Å². The molecule has 47 heavy (non-hydrogen) atoms. The maximum absolute atomic E-state index is 4.86. The summed E-state index contributed by atoms with van der Waals surface area (Å²) < 4.78 is 2.21. The van der Waals surface area contributed by atoms with Crippen molar-refractivity contribution in [3.8, 4) is 16.9 Å². The van der Waals surface area contributed by atoms with Crippen molar-refractivity contribution in [2.45, 2.75) is 15.2 Å². The van der Waals surface area contributed by atoms with Gasteiger partial charge in [0, 0.05) is 27.6 Å². The van der Waals surface area contributed by atoms with Crippen LogP contribution >= 0.6 is 11.8 Å². The molecular formula is C43H27N3S. The number of nitrogens with zero attached hydrogens (tertiary/aromatic N) is 3. The van der Waals surface area contributed by atoms with Gasteiger partial charge >= 0.3 is 0 Å². The van der Waals surface area contributed by atoms with E-state index < -0.39 is 5.41 Å². The van der Waals surface area contributed by atoms with Crippen molar-refractivity contribution in [2.75, 3.05) is 0 Å². The van der Waals surface area contributed by atoms with Crippen molar-refractivity contribution in [3.63, 3.8) is 0 Å². The highest BCUT2D eigenvalue weighted by atomic mass is 32.2. The van der Waals surface area contributed by atoms with Crippen LogP contribution < -0.4 is 0 Å². The van der Waals surface area contributed by atoms with Gasteiger partial charge in [0.25, 0.3) is 0 Å². The summed E-state index contributed by atoms with van der Waals surface area (Å²) in [4.78, 5) is 12.1. The van der Waals surface area contributed by atoms with Crippen LogP contribution in [0.2, 0.25) is 0 Å². The van der Waals surface area contributed by atoms with E-state index in [0.29, 0.717) is 0 Å². The standard InChI is InChI=1S/C43H27N3S/c1-2-11-33-28(10-1)18-19-29-20-21-31(27-36(29)43(33)34-12-3-5-15-39(34)47-40-16-6-4-13-35(40)43)30-22-23-37-32(26-30)42-38(14-9-25-45-42)46(37)41-17-7-8-24-44-41/h1-27H. The molecule has 220 valence electrons. The fourth-order valence-corrected chi connectivity index (χ4v) is 9.03. The molecule has 1 aliphatic heterocycles. The molecular weight excluding hydrogens is 591 g/mol. The molecule has 0 saturated heterocycles. The lowest BCUT2D eigenvalue weighted by Gasteiger charge is -2.42.